The van der Waals surface area contributed by atoms with E-state index in [-0.39, 0.29) is 11.9 Å². The van der Waals surface area contributed by atoms with Crippen molar-refractivity contribution < 1.29 is 4.79 Å². The quantitative estimate of drug-likeness (QED) is 0.753. The molecule has 1 atom stereocenters. The van der Waals surface area contributed by atoms with Crippen LogP contribution in [0.1, 0.15) is 23.3 Å². The number of nitrogens with zero attached hydrogens (tertiary/aromatic N) is 6. The lowest BCUT2D eigenvalue weighted by molar-refractivity contribution is 0.0928. The van der Waals surface area contributed by atoms with Crippen LogP contribution >= 0.6 is 11.3 Å². The summed E-state index contributed by atoms with van der Waals surface area (Å²) in [5.41, 5.74) is 1.36. The number of amides is 1. The molecule has 0 bridgehead atoms. The van der Waals surface area contributed by atoms with Crippen LogP contribution in [-0.4, -0.2) is 49.8 Å². The van der Waals surface area contributed by atoms with Crippen molar-refractivity contribution >= 4 is 23.2 Å². The van der Waals surface area contributed by atoms with E-state index < -0.39 is 0 Å². The third-order valence-corrected chi connectivity index (χ3v) is 5.17. The Morgan fingerprint density at radius 1 is 1.35 bits per heavy atom. The normalized spacial score (nSPS) is 17.3. The molecule has 3 aromatic rings. The Balaban J connectivity index is 1.41. The summed E-state index contributed by atoms with van der Waals surface area (Å²) in [7, 11) is 1.86. The fourth-order valence-corrected chi connectivity index (χ4v) is 3.81. The van der Waals surface area contributed by atoms with Gasteiger partial charge in [-0.3, -0.25) is 9.48 Å². The second-order valence-electron chi connectivity index (χ2n) is 6.25. The molecule has 1 aliphatic rings. The lowest BCUT2D eigenvalue weighted by atomic mass is 10.1. The number of aromatic nitrogens is 5. The van der Waals surface area contributed by atoms with Gasteiger partial charge < -0.3 is 10.2 Å². The Labute approximate surface area is 154 Å². The highest BCUT2D eigenvalue weighted by molar-refractivity contribution is 7.13. The number of thiazole rings is 1. The zero-order valence-electron chi connectivity index (χ0n) is 14.4. The molecule has 0 saturated carbocycles. The molecular weight excluding hydrogens is 350 g/mol. The van der Waals surface area contributed by atoms with Crippen LogP contribution in [0.5, 0.6) is 0 Å². The molecule has 0 radical (unpaired) electrons. The third-order valence-electron chi connectivity index (χ3n) is 4.28. The van der Waals surface area contributed by atoms with Crippen molar-refractivity contribution in [3.05, 3.63) is 41.9 Å². The number of carbonyl (C=O) groups excluding carboxylic acids is 1. The van der Waals surface area contributed by atoms with Gasteiger partial charge in [-0.25, -0.2) is 15.0 Å². The molecule has 0 unspecified atom stereocenters. The highest BCUT2D eigenvalue weighted by Crippen LogP contribution is 2.23. The van der Waals surface area contributed by atoms with Gasteiger partial charge in [0.15, 0.2) is 0 Å². The van der Waals surface area contributed by atoms with Crippen LogP contribution in [0.4, 0.5) is 5.95 Å². The van der Waals surface area contributed by atoms with Gasteiger partial charge in [-0.15, -0.1) is 11.3 Å². The van der Waals surface area contributed by atoms with E-state index in [1.54, 1.807) is 34.7 Å². The molecule has 26 heavy (non-hydrogen) atoms. The highest BCUT2D eigenvalue weighted by atomic mass is 32.1. The molecule has 1 aliphatic heterocycles. The number of anilines is 1. The zero-order chi connectivity index (χ0) is 17.9. The molecule has 9 heteroatoms. The number of piperidine rings is 1. The molecule has 1 saturated heterocycles. The lowest BCUT2D eigenvalue weighted by Crippen LogP contribution is -2.48. The van der Waals surface area contributed by atoms with Crippen LogP contribution in [0.3, 0.4) is 0 Å². The van der Waals surface area contributed by atoms with E-state index in [2.05, 4.69) is 30.3 Å². The second kappa shape index (κ2) is 7.20. The van der Waals surface area contributed by atoms with Gasteiger partial charge in [0.1, 0.15) is 10.7 Å². The van der Waals surface area contributed by atoms with Gasteiger partial charge >= 0.3 is 0 Å². The van der Waals surface area contributed by atoms with Crippen LogP contribution in [0.15, 0.2) is 36.2 Å². The van der Waals surface area contributed by atoms with E-state index in [0.717, 1.165) is 30.0 Å². The molecule has 1 fully saturated rings. The van der Waals surface area contributed by atoms with Gasteiger partial charge in [0.05, 0.1) is 6.20 Å². The van der Waals surface area contributed by atoms with E-state index in [9.17, 15) is 4.79 Å². The van der Waals surface area contributed by atoms with Crippen LogP contribution in [0, 0.1) is 0 Å². The van der Waals surface area contributed by atoms with E-state index in [0.29, 0.717) is 18.2 Å². The number of aryl methyl sites for hydroxylation is 1. The van der Waals surface area contributed by atoms with Crippen LogP contribution in [0.2, 0.25) is 0 Å². The van der Waals surface area contributed by atoms with Crippen molar-refractivity contribution in [2.45, 2.75) is 18.9 Å². The number of carbonyl (C=O) groups is 1. The number of hydrogen-bond donors (Lipinski definition) is 1. The van der Waals surface area contributed by atoms with Gasteiger partial charge in [-0.05, 0) is 18.9 Å². The molecule has 3 aromatic heterocycles. The molecule has 8 nitrogen and oxygen atoms in total. The first-order valence-electron chi connectivity index (χ1n) is 8.46. The summed E-state index contributed by atoms with van der Waals surface area (Å²) >= 11 is 1.45. The molecule has 0 aromatic carbocycles. The van der Waals surface area contributed by atoms with Gasteiger partial charge in [0.2, 0.25) is 5.95 Å². The Bertz CT molecular complexity index is 891. The van der Waals surface area contributed by atoms with Crippen LogP contribution in [0.25, 0.3) is 10.6 Å². The van der Waals surface area contributed by atoms with E-state index in [1.807, 2.05) is 13.2 Å². The molecule has 1 N–H and O–H groups in total. The average molecular weight is 369 g/mol. The van der Waals surface area contributed by atoms with Crippen LogP contribution < -0.4 is 10.2 Å². The fourth-order valence-electron chi connectivity index (χ4n) is 3.03. The minimum Gasteiger partial charge on any atom is -0.346 e. The zero-order valence-corrected chi connectivity index (χ0v) is 15.2. The van der Waals surface area contributed by atoms with Crippen molar-refractivity contribution in [2.24, 2.45) is 7.05 Å². The van der Waals surface area contributed by atoms with Crippen molar-refractivity contribution in [2.75, 3.05) is 18.0 Å². The molecule has 4 rings (SSSR count). The Kier molecular flexibility index (Phi) is 4.61. The summed E-state index contributed by atoms with van der Waals surface area (Å²) < 4.78 is 1.72. The van der Waals surface area contributed by atoms with Crippen molar-refractivity contribution in [1.82, 2.24) is 30.0 Å². The number of nitrogens with one attached hydrogen (secondary N) is 1. The van der Waals surface area contributed by atoms with E-state index in [1.165, 1.54) is 11.3 Å². The SMILES string of the molecule is Cn1cc(-c2nc(C(=O)N[C@H]3CCCN(c4ncccn4)C3)cs2)cn1. The minimum atomic E-state index is -0.141. The first kappa shape index (κ1) is 16.6. The van der Waals surface area contributed by atoms with Crippen LogP contribution in [-0.2, 0) is 7.05 Å². The monoisotopic (exact) mass is 369 g/mol. The molecule has 4 heterocycles. The Morgan fingerprint density at radius 2 is 2.19 bits per heavy atom. The summed E-state index contributed by atoms with van der Waals surface area (Å²) in [5.74, 6) is 0.566. The average Bonchev–Trinajstić information content (AvgIpc) is 3.32. The van der Waals surface area contributed by atoms with Gasteiger partial charge in [-0.1, -0.05) is 0 Å². The van der Waals surface area contributed by atoms with Gasteiger partial charge in [0.25, 0.3) is 5.91 Å². The smallest absolute Gasteiger partial charge is 0.271 e. The first-order valence-corrected chi connectivity index (χ1v) is 9.34. The molecule has 0 spiro atoms. The summed E-state index contributed by atoms with van der Waals surface area (Å²) in [6.45, 7) is 1.60. The Morgan fingerprint density at radius 3 is 2.96 bits per heavy atom. The topological polar surface area (TPSA) is 88.8 Å². The van der Waals surface area contributed by atoms with Crippen molar-refractivity contribution in [3.8, 4) is 10.6 Å². The molecule has 0 aliphatic carbocycles. The largest absolute Gasteiger partial charge is 0.346 e. The maximum Gasteiger partial charge on any atom is 0.271 e. The third kappa shape index (κ3) is 3.57. The number of rotatable bonds is 4. The maximum atomic E-state index is 12.6. The maximum absolute atomic E-state index is 12.6. The molecule has 1 amide bonds. The summed E-state index contributed by atoms with van der Waals surface area (Å²) in [5, 5.41) is 9.82. The summed E-state index contributed by atoms with van der Waals surface area (Å²) in [6.07, 6.45) is 9.04. The summed E-state index contributed by atoms with van der Waals surface area (Å²) in [6, 6.07) is 1.86. The standard InChI is InChI=1S/C17H19N7OS/c1-23-9-12(8-20-23)16-22-14(11-26-16)15(25)21-13-4-2-7-24(10-13)17-18-5-3-6-19-17/h3,5-6,8-9,11,13H,2,4,7,10H2,1H3,(H,21,25)/t13-/m0/s1. The van der Waals surface area contributed by atoms with E-state index in [4.69, 9.17) is 0 Å². The molecular formula is C17H19N7OS. The van der Waals surface area contributed by atoms with Gasteiger partial charge in [0, 0.05) is 55.7 Å². The second-order valence-corrected chi connectivity index (χ2v) is 7.11. The highest BCUT2D eigenvalue weighted by Gasteiger charge is 2.24. The van der Waals surface area contributed by atoms with Crippen molar-refractivity contribution in [1.29, 1.82) is 0 Å². The fraction of sp³-hybridized carbons (Fsp3) is 0.353. The predicted octanol–water partition coefficient (Wildman–Crippen LogP) is 1.73. The lowest BCUT2D eigenvalue weighted by Gasteiger charge is -2.32. The van der Waals surface area contributed by atoms with Gasteiger partial charge in [-0.2, -0.15) is 5.10 Å². The number of hydrogen-bond acceptors (Lipinski definition) is 7. The van der Waals surface area contributed by atoms with Crippen molar-refractivity contribution in [3.63, 3.8) is 0 Å². The predicted molar refractivity (Wildman–Crippen MR) is 99.0 cm³/mol. The summed E-state index contributed by atoms with van der Waals surface area (Å²) in [4.78, 5) is 27.7. The first-order chi connectivity index (χ1) is 12.7. The Hall–Kier alpha value is -2.81. The minimum absolute atomic E-state index is 0.0589. The van der Waals surface area contributed by atoms with E-state index >= 15 is 0 Å². The molecule has 134 valence electrons.